The predicted octanol–water partition coefficient (Wildman–Crippen LogP) is 5.15. The molecule has 1 unspecified atom stereocenters. The van der Waals surface area contributed by atoms with E-state index in [1.807, 2.05) is 11.0 Å². The van der Waals surface area contributed by atoms with Gasteiger partial charge in [0.1, 0.15) is 5.54 Å². The van der Waals surface area contributed by atoms with Gasteiger partial charge >= 0.3 is 0 Å². The van der Waals surface area contributed by atoms with Gasteiger partial charge in [-0.25, -0.2) is 0 Å². The first-order valence-corrected chi connectivity index (χ1v) is 11.9. The van der Waals surface area contributed by atoms with Crippen LogP contribution in [-0.4, -0.2) is 48.4 Å². The van der Waals surface area contributed by atoms with Crippen LogP contribution in [0.4, 0.5) is 0 Å². The zero-order valence-electron chi connectivity index (χ0n) is 17.6. The highest BCUT2D eigenvalue weighted by Crippen LogP contribution is 2.43. The first kappa shape index (κ1) is 26.6. The second-order valence-corrected chi connectivity index (χ2v) is 9.68. The molecule has 0 aromatic heterocycles. The monoisotopic (exact) mass is 591 g/mol. The minimum Gasteiger partial charge on any atom is -0.337 e. The quantitative estimate of drug-likeness (QED) is 0.521. The lowest BCUT2D eigenvalue weighted by Gasteiger charge is -2.45. The number of fused-ring (bicyclic) bond motifs is 1. The second-order valence-electron chi connectivity index (χ2n) is 7.85. The molecule has 8 heteroatoms. The molecule has 1 heterocycles. The fourth-order valence-corrected chi connectivity index (χ4v) is 6.22. The number of carbonyl (C=O) groups excluding carboxylic acids is 1. The Morgan fingerprint density at radius 3 is 2.39 bits per heavy atom. The Morgan fingerprint density at radius 1 is 1.10 bits per heavy atom. The van der Waals surface area contributed by atoms with Crippen LogP contribution in [0.1, 0.15) is 30.0 Å². The molecular weight excluding hydrogens is 565 g/mol. The zero-order valence-corrected chi connectivity index (χ0v) is 22.4. The average molecular weight is 594 g/mol. The van der Waals surface area contributed by atoms with Gasteiger partial charge in [-0.15, -0.1) is 24.8 Å². The van der Waals surface area contributed by atoms with E-state index in [1.54, 1.807) is 0 Å². The van der Waals surface area contributed by atoms with Crippen LogP contribution >= 0.6 is 56.7 Å². The van der Waals surface area contributed by atoms with Crippen LogP contribution < -0.4 is 5.32 Å². The van der Waals surface area contributed by atoms with Gasteiger partial charge in [-0.05, 0) is 54.7 Å². The molecule has 2 aromatic rings. The number of likely N-dealkylation sites (N-methyl/N-ethyl adjacent to an activating group) is 1. The summed E-state index contributed by atoms with van der Waals surface area (Å²) in [6.45, 7) is 7.06. The number of nitrogens with one attached hydrogen (secondary N) is 1. The van der Waals surface area contributed by atoms with Gasteiger partial charge in [0.15, 0.2) is 0 Å². The van der Waals surface area contributed by atoms with Crippen molar-refractivity contribution in [3.05, 3.63) is 68.1 Å². The van der Waals surface area contributed by atoms with Gasteiger partial charge in [-0.2, -0.15) is 0 Å². The summed E-state index contributed by atoms with van der Waals surface area (Å²) in [5, 5.41) is 3.44. The number of piperazine rings is 1. The zero-order chi connectivity index (χ0) is 20.4. The van der Waals surface area contributed by atoms with Crippen molar-refractivity contribution in [3.8, 4) is 0 Å². The number of halogens is 4. The summed E-state index contributed by atoms with van der Waals surface area (Å²) >= 11 is 7.15. The van der Waals surface area contributed by atoms with E-state index in [9.17, 15) is 4.79 Å². The molecule has 0 radical (unpaired) electrons. The smallest absolute Gasteiger partial charge is 0.248 e. The molecule has 4 nitrogen and oxygen atoms in total. The maximum absolute atomic E-state index is 14.2. The fraction of sp³-hybridized carbons (Fsp3) is 0.435. The van der Waals surface area contributed by atoms with E-state index in [4.69, 9.17) is 0 Å². The van der Waals surface area contributed by atoms with E-state index < -0.39 is 5.54 Å². The Labute approximate surface area is 214 Å². The lowest BCUT2D eigenvalue weighted by molar-refractivity contribution is -0.147. The summed E-state index contributed by atoms with van der Waals surface area (Å²) in [5.74, 6) is 0.239. The predicted molar refractivity (Wildman–Crippen MR) is 138 cm³/mol. The summed E-state index contributed by atoms with van der Waals surface area (Å²) in [5.41, 5.74) is 3.11. The summed E-state index contributed by atoms with van der Waals surface area (Å²) in [6, 6.07) is 14.8. The number of nitrogens with zero attached hydrogens (tertiary/aromatic N) is 2. The van der Waals surface area contributed by atoms with Crippen molar-refractivity contribution in [2.24, 2.45) is 0 Å². The summed E-state index contributed by atoms with van der Waals surface area (Å²) in [6.07, 6.45) is 1.83. The number of hydrogen-bond acceptors (Lipinski definition) is 3. The van der Waals surface area contributed by atoms with Crippen molar-refractivity contribution in [1.29, 1.82) is 0 Å². The van der Waals surface area contributed by atoms with Gasteiger partial charge in [0.2, 0.25) is 5.91 Å². The van der Waals surface area contributed by atoms with Crippen molar-refractivity contribution < 1.29 is 4.79 Å². The molecule has 1 aliphatic heterocycles. The van der Waals surface area contributed by atoms with Crippen LogP contribution in [0.2, 0.25) is 0 Å². The van der Waals surface area contributed by atoms with Crippen LogP contribution in [0, 0.1) is 0 Å². The van der Waals surface area contributed by atoms with E-state index in [0.717, 1.165) is 53.5 Å². The second kappa shape index (κ2) is 11.5. The number of benzene rings is 2. The average Bonchev–Trinajstić information content (AvgIpc) is 3.12. The molecule has 1 atom stereocenters. The largest absolute Gasteiger partial charge is 0.337 e. The standard InChI is InChI=1S/C23H27Br2N3O.2ClH/c1-2-27(16-17-13-19(24)15-20(25)14-17)22(29)23(28-11-9-26-10-12-28)8-7-18-5-3-4-6-21(18)23;;/h3-6,13-15,26H,2,7-12,16H2,1H3;2*1H. The van der Waals surface area contributed by atoms with Crippen molar-refractivity contribution in [2.75, 3.05) is 32.7 Å². The maximum atomic E-state index is 14.2. The molecular formula is C23H29Br2Cl2N3O. The first-order chi connectivity index (χ1) is 14.0. The van der Waals surface area contributed by atoms with E-state index >= 15 is 0 Å². The summed E-state index contributed by atoms with van der Waals surface area (Å²) < 4.78 is 2.04. The van der Waals surface area contributed by atoms with Crippen LogP contribution in [0.25, 0.3) is 0 Å². The number of hydrogen-bond donors (Lipinski definition) is 1. The van der Waals surface area contributed by atoms with Gasteiger partial charge in [0.25, 0.3) is 0 Å². The number of carbonyl (C=O) groups is 1. The minimum absolute atomic E-state index is 0. The molecule has 1 aliphatic carbocycles. The van der Waals surface area contributed by atoms with E-state index in [-0.39, 0.29) is 30.7 Å². The highest BCUT2D eigenvalue weighted by atomic mass is 79.9. The van der Waals surface area contributed by atoms with Crippen molar-refractivity contribution in [2.45, 2.75) is 31.8 Å². The Morgan fingerprint density at radius 2 is 1.74 bits per heavy atom. The topological polar surface area (TPSA) is 35.6 Å². The third-order valence-electron chi connectivity index (χ3n) is 6.19. The highest BCUT2D eigenvalue weighted by molar-refractivity contribution is 9.11. The summed E-state index contributed by atoms with van der Waals surface area (Å²) in [7, 11) is 0. The third kappa shape index (κ3) is 5.31. The minimum atomic E-state index is -0.544. The first-order valence-electron chi connectivity index (χ1n) is 10.3. The molecule has 2 aliphatic rings. The number of rotatable bonds is 5. The van der Waals surface area contributed by atoms with Crippen LogP contribution in [-0.2, 0) is 23.3 Å². The van der Waals surface area contributed by atoms with Crippen molar-refractivity contribution >= 4 is 62.6 Å². The van der Waals surface area contributed by atoms with Crippen molar-refractivity contribution in [1.82, 2.24) is 15.1 Å². The van der Waals surface area contributed by atoms with Crippen LogP contribution in [0.15, 0.2) is 51.4 Å². The number of aryl methyl sites for hydroxylation is 1. The van der Waals surface area contributed by atoms with Gasteiger partial charge in [-0.3, -0.25) is 9.69 Å². The van der Waals surface area contributed by atoms with Gasteiger partial charge in [0, 0.05) is 48.2 Å². The van der Waals surface area contributed by atoms with Gasteiger partial charge in [-0.1, -0.05) is 56.1 Å². The molecule has 31 heavy (non-hydrogen) atoms. The Balaban J connectivity index is 0.00000171. The van der Waals surface area contributed by atoms with Crippen LogP contribution in [0.3, 0.4) is 0 Å². The van der Waals surface area contributed by atoms with E-state index in [2.05, 4.69) is 85.4 Å². The Hall–Kier alpha value is -0.630. The normalized spacial score (nSPS) is 20.4. The molecule has 2 aromatic carbocycles. The molecule has 4 rings (SSSR count). The van der Waals surface area contributed by atoms with E-state index in [0.29, 0.717) is 13.1 Å². The van der Waals surface area contributed by atoms with Gasteiger partial charge in [0.05, 0.1) is 0 Å². The summed E-state index contributed by atoms with van der Waals surface area (Å²) in [4.78, 5) is 18.6. The molecule has 170 valence electrons. The molecule has 0 saturated carbocycles. The maximum Gasteiger partial charge on any atom is 0.248 e. The van der Waals surface area contributed by atoms with Gasteiger partial charge < -0.3 is 10.2 Å². The molecule has 0 bridgehead atoms. The van der Waals surface area contributed by atoms with Crippen molar-refractivity contribution in [3.63, 3.8) is 0 Å². The number of amides is 1. The Bertz CT molecular complexity index is 888. The highest BCUT2D eigenvalue weighted by Gasteiger charge is 2.51. The Kier molecular flexibility index (Phi) is 9.86. The SMILES string of the molecule is CCN(Cc1cc(Br)cc(Br)c1)C(=O)C1(N2CCNCC2)CCc2ccccc21.Cl.Cl. The third-order valence-corrected chi connectivity index (χ3v) is 7.11. The molecule has 1 saturated heterocycles. The lowest BCUT2D eigenvalue weighted by Crippen LogP contribution is -2.60. The van der Waals surface area contributed by atoms with Crippen LogP contribution in [0.5, 0.6) is 0 Å². The molecule has 0 spiro atoms. The van der Waals surface area contributed by atoms with E-state index in [1.165, 1.54) is 11.1 Å². The lowest BCUT2D eigenvalue weighted by atomic mass is 9.87. The molecule has 1 N–H and O–H groups in total. The molecule has 1 fully saturated rings. The fourth-order valence-electron chi connectivity index (χ4n) is 4.84. The molecule has 1 amide bonds.